The van der Waals surface area contributed by atoms with Crippen LogP contribution in [0.3, 0.4) is 0 Å². The molecule has 1 heterocycles. The summed E-state index contributed by atoms with van der Waals surface area (Å²) in [5, 5.41) is 2.13. The van der Waals surface area contributed by atoms with Crippen molar-refractivity contribution < 1.29 is 0 Å². The van der Waals surface area contributed by atoms with Crippen LogP contribution in [0.4, 0.5) is 0 Å². The summed E-state index contributed by atoms with van der Waals surface area (Å²) in [6.45, 7) is 5.65. The number of hydrogen-bond acceptors (Lipinski definition) is 3. The van der Waals surface area contributed by atoms with Crippen LogP contribution in [-0.2, 0) is 13.1 Å². The Morgan fingerprint density at radius 3 is 2.55 bits per heavy atom. The molecular weight excluding hydrogens is 264 g/mol. The van der Waals surface area contributed by atoms with E-state index < -0.39 is 0 Å². The second-order valence-electron chi connectivity index (χ2n) is 4.59. The third kappa shape index (κ3) is 4.50. The molecule has 1 aromatic heterocycles. The summed E-state index contributed by atoms with van der Waals surface area (Å²) >= 11 is 1.82. The molecule has 0 unspecified atom stereocenters. The van der Waals surface area contributed by atoms with Crippen LogP contribution in [0, 0.1) is 11.8 Å². The highest BCUT2D eigenvalue weighted by Gasteiger charge is 2.05. The molecule has 0 aliphatic heterocycles. The van der Waals surface area contributed by atoms with Gasteiger partial charge in [-0.15, -0.1) is 11.3 Å². The smallest absolute Gasteiger partial charge is 0.0555 e. The molecule has 0 aliphatic rings. The summed E-state index contributed by atoms with van der Waals surface area (Å²) in [5.74, 6) is 5.92. The highest BCUT2D eigenvalue weighted by atomic mass is 32.1. The number of nitrogens with two attached hydrogens (primary N) is 1. The van der Waals surface area contributed by atoms with Crippen molar-refractivity contribution in [3.8, 4) is 11.8 Å². The molecule has 2 N–H and O–H groups in total. The zero-order valence-corrected chi connectivity index (χ0v) is 12.6. The summed E-state index contributed by atoms with van der Waals surface area (Å²) < 4.78 is 0. The first-order valence-corrected chi connectivity index (χ1v) is 7.72. The number of nitrogens with zero attached hydrogens (tertiary/aromatic N) is 1. The van der Waals surface area contributed by atoms with Gasteiger partial charge in [-0.1, -0.05) is 37.0 Å². The second kappa shape index (κ2) is 7.86. The Balaban J connectivity index is 1.97. The van der Waals surface area contributed by atoms with Crippen LogP contribution in [0.15, 0.2) is 41.8 Å². The summed E-state index contributed by atoms with van der Waals surface area (Å²) in [7, 11) is 0. The fourth-order valence-electron chi connectivity index (χ4n) is 2.01. The monoisotopic (exact) mass is 284 g/mol. The Morgan fingerprint density at radius 2 is 1.95 bits per heavy atom. The molecule has 0 fully saturated rings. The van der Waals surface area contributed by atoms with Gasteiger partial charge in [-0.25, -0.2) is 0 Å². The van der Waals surface area contributed by atoms with E-state index in [4.69, 9.17) is 5.73 Å². The van der Waals surface area contributed by atoms with Crippen molar-refractivity contribution in [2.24, 2.45) is 5.73 Å². The molecule has 1 aromatic carbocycles. The lowest BCUT2D eigenvalue weighted by Gasteiger charge is -2.19. The van der Waals surface area contributed by atoms with Crippen LogP contribution in [-0.4, -0.2) is 18.0 Å². The third-order valence-corrected chi connectivity index (χ3v) is 3.96. The van der Waals surface area contributed by atoms with Crippen LogP contribution < -0.4 is 5.73 Å². The van der Waals surface area contributed by atoms with Crippen molar-refractivity contribution in [3.63, 3.8) is 0 Å². The average Bonchev–Trinajstić information content (AvgIpc) is 2.99. The minimum atomic E-state index is 0.409. The summed E-state index contributed by atoms with van der Waals surface area (Å²) in [5.41, 5.74) is 7.72. The van der Waals surface area contributed by atoms with Crippen LogP contribution in [0.5, 0.6) is 0 Å². The van der Waals surface area contributed by atoms with Gasteiger partial charge < -0.3 is 5.73 Å². The predicted octanol–water partition coefficient (Wildman–Crippen LogP) is 3.08. The first-order chi connectivity index (χ1) is 9.81. The Bertz CT molecular complexity index is 561. The number of benzene rings is 1. The fourth-order valence-corrected chi connectivity index (χ4v) is 2.75. The van der Waals surface area contributed by atoms with E-state index in [2.05, 4.69) is 65.4 Å². The molecule has 2 nitrogen and oxygen atoms in total. The van der Waals surface area contributed by atoms with Crippen molar-refractivity contribution in [2.75, 3.05) is 13.1 Å². The van der Waals surface area contributed by atoms with Crippen LogP contribution in [0.1, 0.15) is 22.9 Å². The topological polar surface area (TPSA) is 29.3 Å². The SMILES string of the molecule is CCN(Cc1ccc(C#CCN)cc1)Cc1cccs1. The standard InChI is InChI=1S/C17H20N2S/c1-2-19(14-17-6-4-12-20-17)13-16-9-7-15(8-10-16)5-3-11-18/h4,6-10,12H,2,11,13-14,18H2,1H3. The van der Waals surface area contributed by atoms with Gasteiger partial charge in [0, 0.05) is 23.5 Å². The molecule has 0 bridgehead atoms. The lowest BCUT2D eigenvalue weighted by atomic mass is 10.1. The van der Waals surface area contributed by atoms with Gasteiger partial charge in [-0.05, 0) is 35.7 Å². The van der Waals surface area contributed by atoms with Gasteiger partial charge in [0.15, 0.2) is 0 Å². The molecule has 0 atom stereocenters. The number of rotatable bonds is 5. The second-order valence-corrected chi connectivity index (χ2v) is 5.62. The first-order valence-electron chi connectivity index (χ1n) is 6.84. The Hall–Kier alpha value is -1.60. The molecule has 0 saturated carbocycles. The maximum atomic E-state index is 5.38. The Morgan fingerprint density at radius 1 is 1.15 bits per heavy atom. The zero-order chi connectivity index (χ0) is 14.2. The molecule has 0 saturated heterocycles. The predicted molar refractivity (Wildman–Crippen MR) is 86.5 cm³/mol. The van der Waals surface area contributed by atoms with E-state index >= 15 is 0 Å². The van der Waals surface area contributed by atoms with Gasteiger partial charge >= 0.3 is 0 Å². The highest BCUT2D eigenvalue weighted by molar-refractivity contribution is 7.09. The van der Waals surface area contributed by atoms with Crippen LogP contribution >= 0.6 is 11.3 Å². The quantitative estimate of drug-likeness (QED) is 0.855. The highest BCUT2D eigenvalue weighted by Crippen LogP contribution is 2.14. The maximum Gasteiger partial charge on any atom is 0.0555 e. The summed E-state index contributed by atoms with van der Waals surface area (Å²) in [4.78, 5) is 3.85. The molecule has 0 amide bonds. The first kappa shape index (κ1) is 14.8. The largest absolute Gasteiger partial charge is 0.320 e. The number of hydrogen-bond donors (Lipinski definition) is 1. The van der Waals surface area contributed by atoms with E-state index in [1.807, 2.05) is 11.3 Å². The van der Waals surface area contributed by atoms with E-state index in [1.54, 1.807) is 0 Å². The third-order valence-electron chi connectivity index (χ3n) is 3.10. The molecule has 2 rings (SSSR count). The average molecular weight is 284 g/mol. The van der Waals surface area contributed by atoms with Gasteiger partial charge in [-0.2, -0.15) is 0 Å². The van der Waals surface area contributed by atoms with Gasteiger partial charge in [0.05, 0.1) is 6.54 Å². The fraction of sp³-hybridized carbons (Fsp3) is 0.294. The van der Waals surface area contributed by atoms with E-state index in [0.29, 0.717) is 6.54 Å². The van der Waals surface area contributed by atoms with Crippen LogP contribution in [0.25, 0.3) is 0 Å². The molecule has 3 heteroatoms. The van der Waals surface area contributed by atoms with Crippen molar-refractivity contribution in [1.29, 1.82) is 0 Å². The van der Waals surface area contributed by atoms with Gasteiger partial charge in [0.1, 0.15) is 0 Å². The van der Waals surface area contributed by atoms with Gasteiger partial charge in [0.2, 0.25) is 0 Å². The molecule has 2 aromatic rings. The van der Waals surface area contributed by atoms with E-state index in [9.17, 15) is 0 Å². The molecule has 0 spiro atoms. The lowest BCUT2D eigenvalue weighted by Crippen LogP contribution is -2.21. The van der Waals surface area contributed by atoms with E-state index in [-0.39, 0.29) is 0 Å². The van der Waals surface area contributed by atoms with Crippen molar-refractivity contribution >= 4 is 11.3 Å². The summed E-state index contributed by atoms with van der Waals surface area (Å²) in [6.07, 6.45) is 0. The normalized spacial score (nSPS) is 10.3. The minimum Gasteiger partial charge on any atom is -0.320 e. The zero-order valence-electron chi connectivity index (χ0n) is 11.8. The minimum absolute atomic E-state index is 0.409. The molecule has 0 aliphatic carbocycles. The van der Waals surface area contributed by atoms with Crippen LogP contribution in [0.2, 0.25) is 0 Å². The van der Waals surface area contributed by atoms with E-state index in [0.717, 1.165) is 25.2 Å². The molecule has 20 heavy (non-hydrogen) atoms. The maximum absolute atomic E-state index is 5.38. The Labute approximate surface area is 125 Å². The molecule has 104 valence electrons. The van der Waals surface area contributed by atoms with Crippen molar-refractivity contribution in [2.45, 2.75) is 20.0 Å². The van der Waals surface area contributed by atoms with Gasteiger partial charge in [-0.3, -0.25) is 4.90 Å². The molecular formula is C17H20N2S. The summed E-state index contributed by atoms with van der Waals surface area (Å²) in [6, 6.07) is 12.7. The Kier molecular flexibility index (Phi) is 5.82. The molecule has 0 radical (unpaired) electrons. The van der Waals surface area contributed by atoms with Crippen molar-refractivity contribution in [1.82, 2.24) is 4.90 Å². The van der Waals surface area contributed by atoms with E-state index in [1.165, 1.54) is 10.4 Å². The number of thiophene rings is 1. The van der Waals surface area contributed by atoms with Gasteiger partial charge in [0.25, 0.3) is 0 Å². The lowest BCUT2D eigenvalue weighted by molar-refractivity contribution is 0.274. The van der Waals surface area contributed by atoms with Crippen molar-refractivity contribution in [3.05, 3.63) is 57.8 Å².